The molecule has 8 heteroatoms. The average molecular weight is 360 g/mol. The van der Waals surface area contributed by atoms with Gasteiger partial charge in [0.2, 0.25) is 0 Å². The molecule has 0 aromatic heterocycles. The van der Waals surface area contributed by atoms with Crippen LogP contribution in [0.25, 0.3) is 0 Å². The predicted octanol–water partition coefficient (Wildman–Crippen LogP) is 3.80. The molecule has 0 heterocycles. The summed E-state index contributed by atoms with van der Waals surface area (Å²) in [5.41, 5.74) is 0.369. The highest BCUT2D eigenvalue weighted by molar-refractivity contribution is 7.92. The molecule has 0 spiro atoms. The smallest absolute Gasteiger partial charge is 0.337 e. The van der Waals surface area contributed by atoms with Crippen LogP contribution in [-0.4, -0.2) is 19.5 Å². The largest absolute Gasteiger partial charge is 0.478 e. The van der Waals surface area contributed by atoms with E-state index in [0.29, 0.717) is 5.56 Å². The molecule has 0 atom stereocenters. The van der Waals surface area contributed by atoms with E-state index in [1.165, 1.54) is 30.3 Å². The van der Waals surface area contributed by atoms with Crippen LogP contribution in [0.4, 0.5) is 5.69 Å². The first-order chi connectivity index (χ1) is 10.2. The number of nitrogens with one attached hydrogen (secondary N) is 1. The maximum Gasteiger partial charge on any atom is 0.337 e. The van der Waals surface area contributed by atoms with Gasteiger partial charge in [0.05, 0.1) is 26.2 Å². The Kier molecular flexibility index (Phi) is 4.65. The zero-order valence-corrected chi connectivity index (χ0v) is 13.6. The Labute approximate surface area is 137 Å². The quantitative estimate of drug-likeness (QED) is 0.869. The fourth-order valence-corrected chi connectivity index (χ4v) is 3.36. The summed E-state index contributed by atoms with van der Waals surface area (Å²) in [6, 6.07) is 8.31. The molecule has 0 saturated carbocycles. The number of carboxylic acids is 1. The third-order valence-electron chi connectivity index (χ3n) is 2.94. The molecule has 2 N–H and O–H groups in total. The van der Waals surface area contributed by atoms with Crippen LogP contribution in [0.3, 0.4) is 0 Å². The molecule has 0 radical (unpaired) electrons. The summed E-state index contributed by atoms with van der Waals surface area (Å²) in [5.74, 6) is -1.23. The van der Waals surface area contributed by atoms with Crippen molar-refractivity contribution in [1.29, 1.82) is 0 Å². The Bertz CT molecular complexity index is 850. The molecular formula is C14H11Cl2NO4S. The van der Waals surface area contributed by atoms with Gasteiger partial charge in [0, 0.05) is 0 Å². The minimum Gasteiger partial charge on any atom is -0.478 e. The van der Waals surface area contributed by atoms with Crippen molar-refractivity contribution in [1.82, 2.24) is 0 Å². The van der Waals surface area contributed by atoms with Crippen molar-refractivity contribution in [2.45, 2.75) is 11.8 Å². The molecule has 2 aromatic rings. The molecule has 0 unspecified atom stereocenters. The number of carbonyl (C=O) groups is 1. The van der Waals surface area contributed by atoms with Gasteiger partial charge in [-0.25, -0.2) is 13.2 Å². The molecule has 0 bridgehead atoms. The first kappa shape index (κ1) is 16.6. The van der Waals surface area contributed by atoms with Gasteiger partial charge in [-0.2, -0.15) is 0 Å². The molecule has 0 amide bonds. The predicted molar refractivity (Wildman–Crippen MR) is 85.4 cm³/mol. The van der Waals surface area contributed by atoms with Crippen LogP contribution >= 0.6 is 23.2 Å². The topological polar surface area (TPSA) is 83.5 Å². The molecule has 2 aromatic carbocycles. The lowest BCUT2D eigenvalue weighted by Gasteiger charge is -2.13. The summed E-state index contributed by atoms with van der Waals surface area (Å²) in [5, 5.41) is 9.48. The highest BCUT2D eigenvalue weighted by Gasteiger charge is 2.20. The average Bonchev–Trinajstić information content (AvgIpc) is 2.43. The lowest BCUT2D eigenvalue weighted by Crippen LogP contribution is -2.16. The Morgan fingerprint density at radius 3 is 2.41 bits per heavy atom. The minimum absolute atomic E-state index is 0.0149. The summed E-state index contributed by atoms with van der Waals surface area (Å²) >= 11 is 11.6. The second kappa shape index (κ2) is 6.16. The Balaban J connectivity index is 2.50. The van der Waals surface area contributed by atoms with Crippen molar-refractivity contribution in [2.24, 2.45) is 0 Å². The molecule has 116 valence electrons. The number of aromatic carboxylic acids is 1. The van der Waals surface area contributed by atoms with Gasteiger partial charge in [-0.3, -0.25) is 4.72 Å². The standard InChI is InChI=1S/C14H11Cl2NO4S/c1-8-3-2-4-10(14(18)19)13(8)17-22(20,21)9-5-6-11(15)12(16)7-9/h2-7,17H,1H3,(H,18,19). The van der Waals surface area contributed by atoms with E-state index in [-0.39, 0.29) is 26.2 Å². The van der Waals surface area contributed by atoms with Crippen molar-refractivity contribution < 1.29 is 18.3 Å². The Morgan fingerprint density at radius 2 is 1.82 bits per heavy atom. The van der Waals surface area contributed by atoms with E-state index < -0.39 is 16.0 Å². The summed E-state index contributed by atoms with van der Waals surface area (Å²) in [6.07, 6.45) is 0. The maximum atomic E-state index is 12.4. The Hall–Kier alpha value is -1.76. The van der Waals surface area contributed by atoms with E-state index in [1.54, 1.807) is 13.0 Å². The van der Waals surface area contributed by atoms with Crippen molar-refractivity contribution in [3.8, 4) is 0 Å². The van der Waals surface area contributed by atoms with Crippen LogP contribution in [0.15, 0.2) is 41.3 Å². The zero-order valence-electron chi connectivity index (χ0n) is 11.3. The molecule has 0 aliphatic heterocycles. The molecule has 0 saturated heterocycles. The van der Waals surface area contributed by atoms with Crippen molar-refractivity contribution in [3.05, 3.63) is 57.6 Å². The monoisotopic (exact) mass is 359 g/mol. The normalized spacial score (nSPS) is 11.2. The van der Waals surface area contributed by atoms with E-state index in [0.717, 1.165) is 0 Å². The van der Waals surface area contributed by atoms with E-state index in [9.17, 15) is 13.2 Å². The zero-order chi connectivity index (χ0) is 16.5. The van der Waals surface area contributed by atoms with Gasteiger partial charge < -0.3 is 5.11 Å². The number of halogens is 2. The fourth-order valence-electron chi connectivity index (χ4n) is 1.82. The van der Waals surface area contributed by atoms with Crippen LogP contribution in [-0.2, 0) is 10.0 Å². The summed E-state index contributed by atoms with van der Waals surface area (Å²) < 4.78 is 27.1. The molecule has 2 rings (SSSR count). The van der Waals surface area contributed by atoms with Crippen LogP contribution < -0.4 is 4.72 Å². The SMILES string of the molecule is Cc1cccc(C(=O)O)c1NS(=O)(=O)c1ccc(Cl)c(Cl)c1. The number of benzene rings is 2. The van der Waals surface area contributed by atoms with Crippen molar-refractivity contribution in [3.63, 3.8) is 0 Å². The lowest BCUT2D eigenvalue weighted by molar-refractivity contribution is 0.0698. The van der Waals surface area contributed by atoms with E-state index in [1.807, 2.05) is 0 Å². The van der Waals surface area contributed by atoms with Crippen LogP contribution in [0, 0.1) is 6.92 Å². The second-order valence-corrected chi connectivity index (χ2v) is 6.98. The number of sulfonamides is 1. The van der Waals surface area contributed by atoms with Gasteiger partial charge in [0.25, 0.3) is 10.0 Å². The van der Waals surface area contributed by atoms with Gasteiger partial charge in [0.1, 0.15) is 0 Å². The number of carboxylic acid groups (broad SMARTS) is 1. The maximum absolute atomic E-state index is 12.4. The first-order valence-electron chi connectivity index (χ1n) is 6.03. The first-order valence-corrected chi connectivity index (χ1v) is 8.27. The van der Waals surface area contributed by atoms with Gasteiger partial charge >= 0.3 is 5.97 Å². The van der Waals surface area contributed by atoms with Crippen molar-refractivity contribution in [2.75, 3.05) is 4.72 Å². The number of anilines is 1. The highest BCUT2D eigenvalue weighted by Crippen LogP contribution is 2.28. The van der Waals surface area contributed by atoms with E-state index in [2.05, 4.69) is 4.72 Å². The number of aryl methyl sites for hydroxylation is 1. The summed E-state index contributed by atoms with van der Waals surface area (Å²) in [7, 11) is -3.99. The fraction of sp³-hybridized carbons (Fsp3) is 0.0714. The molecule has 0 aliphatic carbocycles. The molecular weight excluding hydrogens is 349 g/mol. The van der Waals surface area contributed by atoms with Crippen LogP contribution in [0.2, 0.25) is 10.0 Å². The van der Waals surface area contributed by atoms with Gasteiger partial charge in [-0.1, -0.05) is 35.3 Å². The van der Waals surface area contributed by atoms with Crippen molar-refractivity contribution >= 4 is 44.9 Å². The van der Waals surface area contributed by atoms with Gasteiger partial charge in [0.15, 0.2) is 0 Å². The van der Waals surface area contributed by atoms with Crippen LogP contribution in [0.1, 0.15) is 15.9 Å². The summed E-state index contributed by atoms with van der Waals surface area (Å²) in [4.78, 5) is 11.1. The lowest BCUT2D eigenvalue weighted by atomic mass is 10.1. The highest BCUT2D eigenvalue weighted by atomic mass is 35.5. The number of hydrogen-bond donors (Lipinski definition) is 2. The number of hydrogen-bond acceptors (Lipinski definition) is 3. The Morgan fingerprint density at radius 1 is 1.14 bits per heavy atom. The minimum atomic E-state index is -3.99. The number of para-hydroxylation sites is 1. The van der Waals surface area contributed by atoms with Gasteiger partial charge in [-0.15, -0.1) is 0 Å². The van der Waals surface area contributed by atoms with Crippen LogP contribution in [0.5, 0.6) is 0 Å². The third kappa shape index (κ3) is 3.35. The van der Waals surface area contributed by atoms with E-state index >= 15 is 0 Å². The molecule has 0 aliphatic rings. The molecule has 22 heavy (non-hydrogen) atoms. The summed E-state index contributed by atoms with van der Waals surface area (Å²) in [6.45, 7) is 1.61. The number of rotatable bonds is 4. The van der Waals surface area contributed by atoms with E-state index in [4.69, 9.17) is 28.3 Å². The third-order valence-corrected chi connectivity index (χ3v) is 5.03. The molecule has 5 nitrogen and oxygen atoms in total. The second-order valence-electron chi connectivity index (χ2n) is 4.48. The van der Waals surface area contributed by atoms with Gasteiger partial charge in [-0.05, 0) is 36.8 Å². The molecule has 0 fully saturated rings.